The average molecular weight is 481 g/mol. The van der Waals surface area contributed by atoms with Gasteiger partial charge < -0.3 is 10.2 Å². The molecule has 1 atom stereocenters. The van der Waals surface area contributed by atoms with Crippen molar-refractivity contribution >= 4 is 0 Å². The highest BCUT2D eigenvalue weighted by atomic mass is 16.3. The molecule has 0 radical (unpaired) electrons. The summed E-state index contributed by atoms with van der Waals surface area (Å²) in [4.78, 5) is 0. The first kappa shape index (κ1) is 29.3. The quantitative estimate of drug-likeness (QED) is 0.414. The van der Waals surface area contributed by atoms with Gasteiger partial charge in [-0.05, 0) is 80.2 Å². The molecule has 2 aromatic carbocycles. The highest BCUT2D eigenvalue weighted by molar-refractivity contribution is 5.53. The van der Waals surface area contributed by atoms with Crippen molar-refractivity contribution in [3.05, 3.63) is 57.6 Å². The molecule has 0 heterocycles. The summed E-state index contributed by atoms with van der Waals surface area (Å²) in [5, 5.41) is 22.8. The maximum Gasteiger partial charge on any atom is 0.122 e. The van der Waals surface area contributed by atoms with E-state index in [2.05, 4.69) is 114 Å². The van der Waals surface area contributed by atoms with Crippen molar-refractivity contribution in [2.45, 2.75) is 137 Å². The van der Waals surface area contributed by atoms with Gasteiger partial charge in [0.25, 0.3) is 0 Å². The molecule has 0 aliphatic heterocycles. The van der Waals surface area contributed by atoms with Crippen molar-refractivity contribution < 1.29 is 10.2 Å². The maximum absolute atomic E-state index is 11.4. The third-order valence-electron chi connectivity index (χ3n) is 8.33. The number of phenolic OH excluding ortho intramolecular Hbond substituents is 2. The van der Waals surface area contributed by atoms with Gasteiger partial charge in [0.1, 0.15) is 11.5 Å². The minimum atomic E-state index is -0.162. The summed E-state index contributed by atoms with van der Waals surface area (Å²) in [5.41, 5.74) is 6.21. The second kappa shape index (κ2) is 9.83. The molecule has 196 valence electrons. The number of aromatic hydroxyl groups is 2. The van der Waals surface area contributed by atoms with Crippen molar-refractivity contribution in [2.24, 2.45) is 0 Å². The minimum absolute atomic E-state index is 0.0226. The third kappa shape index (κ3) is 6.25. The Bertz CT molecular complexity index is 1040. The topological polar surface area (TPSA) is 40.5 Å². The normalized spacial score (nSPS) is 14.3. The molecule has 0 saturated carbocycles. The summed E-state index contributed by atoms with van der Waals surface area (Å²) < 4.78 is 0. The molecule has 0 saturated heterocycles. The minimum Gasteiger partial charge on any atom is -0.507 e. The van der Waals surface area contributed by atoms with Gasteiger partial charge in [0.05, 0.1) is 0 Å². The first-order valence-corrected chi connectivity index (χ1v) is 13.5. The van der Waals surface area contributed by atoms with Crippen LogP contribution >= 0.6 is 0 Å². The van der Waals surface area contributed by atoms with E-state index in [4.69, 9.17) is 0 Å². The Labute approximate surface area is 216 Å². The molecule has 0 fully saturated rings. The van der Waals surface area contributed by atoms with Crippen LogP contribution in [0.3, 0.4) is 0 Å². The number of hydrogen-bond acceptors (Lipinski definition) is 2. The van der Waals surface area contributed by atoms with E-state index in [9.17, 15) is 10.2 Å². The Morgan fingerprint density at radius 1 is 0.629 bits per heavy atom. The predicted octanol–water partition coefficient (Wildman–Crippen LogP) is 9.41. The smallest absolute Gasteiger partial charge is 0.122 e. The van der Waals surface area contributed by atoms with Crippen LogP contribution in [0, 0.1) is 0 Å². The Hall–Kier alpha value is -1.96. The Morgan fingerprint density at radius 3 is 1.43 bits per heavy atom. The van der Waals surface area contributed by atoms with Gasteiger partial charge in [0.15, 0.2) is 0 Å². The fraction of sp³-hybridized carbons (Fsp3) is 0.636. The van der Waals surface area contributed by atoms with Crippen LogP contribution in [0.2, 0.25) is 0 Å². The molecule has 35 heavy (non-hydrogen) atoms. The van der Waals surface area contributed by atoms with Crippen LogP contribution in [0.15, 0.2) is 24.3 Å². The second-order valence-electron chi connectivity index (χ2n) is 14.1. The van der Waals surface area contributed by atoms with Gasteiger partial charge in [-0.3, -0.25) is 0 Å². The van der Waals surface area contributed by atoms with Crippen LogP contribution in [0.25, 0.3) is 0 Å². The first-order chi connectivity index (χ1) is 15.8. The van der Waals surface area contributed by atoms with Gasteiger partial charge in [-0.25, -0.2) is 0 Å². The summed E-state index contributed by atoms with van der Waals surface area (Å²) in [6.07, 6.45) is 2.73. The molecule has 2 N–H and O–H groups in total. The molecule has 2 nitrogen and oxygen atoms in total. The number of phenols is 2. The first-order valence-electron chi connectivity index (χ1n) is 13.5. The van der Waals surface area contributed by atoms with Crippen molar-refractivity contribution in [2.75, 3.05) is 0 Å². The lowest BCUT2D eigenvalue weighted by Gasteiger charge is -2.31. The molecule has 2 aromatic rings. The summed E-state index contributed by atoms with van der Waals surface area (Å²) in [5.74, 6) is 0.865. The Balaban J connectivity index is 2.71. The van der Waals surface area contributed by atoms with Crippen LogP contribution in [-0.4, -0.2) is 10.2 Å². The Kier molecular flexibility index (Phi) is 8.22. The summed E-state index contributed by atoms with van der Waals surface area (Å²) >= 11 is 0. The largest absolute Gasteiger partial charge is 0.507 e. The summed E-state index contributed by atoms with van der Waals surface area (Å²) in [7, 11) is 0. The zero-order chi connectivity index (χ0) is 27.1. The van der Waals surface area contributed by atoms with Gasteiger partial charge in [-0.2, -0.15) is 0 Å². The fourth-order valence-electron chi connectivity index (χ4n) is 4.66. The van der Waals surface area contributed by atoms with E-state index < -0.39 is 0 Å². The lowest BCUT2D eigenvalue weighted by Crippen LogP contribution is -2.21. The predicted molar refractivity (Wildman–Crippen MR) is 152 cm³/mol. The van der Waals surface area contributed by atoms with Crippen LogP contribution < -0.4 is 0 Å². The highest BCUT2D eigenvalue weighted by Gasteiger charge is 2.30. The van der Waals surface area contributed by atoms with E-state index in [-0.39, 0.29) is 27.6 Å². The molecule has 1 unspecified atom stereocenters. The second-order valence-corrected chi connectivity index (χ2v) is 14.1. The number of rotatable bonds is 7. The summed E-state index contributed by atoms with van der Waals surface area (Å²) in [6.45, 7) is 28.7. The fourth-order valence-corrected chi connectivity index (χ4v) is 4.66. The van der Waals surface area contributed by atoms with Crippen molar-refractivity contribution in [3.8, 4) is 11.5 Å². The SMILES string of the molecule is CCC(C)(C)c1cc(CC(C)c2cc(C(C)(C)CC)cc(C(C)(C)C)c2O)c(O)c(C(C)(C)C)c1. The molecule has 0 aromatic heterocycles. The molecule has 2 heteroatoms. The van der Waals surface area contributed by atoms with Crippen molar-refractivity contribution in [3.63, 3.8) is 0 Å². The van der Waals surface area contributed by atoms with Gasteiger partial charge >= 0.3 is 0 Å². The van der Waals surface area contributed by atoms with E-state index in [1.807, 2.05) is 0 Å². The van der Waals surface area contributed by atoms with Crippen LogP contribution in [-0.2, 0) is 28.1 Å². The lowest BCUT2D eigenvalue weighted by atomic mass is 9.74. The lowest BCUT2D eigenvalue weighted by molar-refractivity contribution is 0.424. The molecule has 0 aliphatic carbocycles. The zero-order valence-corrected chi connectivity index (χ0v) is 24.9. The molecule has 0 spiro atoms. The van der Waals surface area contributed by atoms with Crippen LogP contribution in [0.5, 0.6) is 11.5 Å². The Morgan fingerprint density at radius 2 is 1.03 bits per heavy atom. The van der Waals surface area contributed by atoms with Crippen LogP contribution in [0.1, 0.15) is 142 Å². The molecule has 0 amide bonds. The van der Waals surface area contributed by atoms with E-state index in [1.54, 1.807) is 0 Å². The average Bonchev–Trinajstić information content (AvgIpc) is 2.73. The molecule has 0 aliphatic rings. The molecule has 0 bridgehead atoms. The van der Waals surface area contributed by atoms with Crippen molar-refractivity contribution in [1.82, 2.24) is 0 Å². The monoisotopic (exact) mass is 480 g/mol. The third-order valence-corrected chi connectivity index (χ3v) is 8.33. The van der Waals surface area contributed by atoms with Crippen LogP contribution in [0.4, 0.5) is 0 Å². The van der Waals surface area contributed by atoms with Gasteiger partial charge in [-0.1, -0.05) is 114 Å². The van der Waals surface area contributed by atoms with Gasteiger partial charge in [0.2, 0.25) is 0 Å². The standard InChI is InChI=1S/C33H52O2/c1-14-32(10,11)23-17-22(28(34)26(19-23)30(4,5)6)16-21(3)25-18-24(33(12,13)15-2)20-27(29(25)35)31(7,8)9/h17-21,34-35H,14-16H2,1-13H3. The van der Waals surface area contributed by atoms with E-state index in [1.165, 1.54) is 11.1 Å². The van der Waals surface area contributed by atoms with Gasteiger partial charge in [0, 0.05) is 0 Å². The maximum atomic E-state index is 11.4. The van der Waals surface area contributed by atoms with E-state index in [0.717, 1.165) is 35.1 Å². The highest BCUT2D eigenvalue weighted by Crippen LogP contribution is 2.44. The zero-order valence-electron chi connectivity index (χ0n) is 24.9. The molecule has 2 rings (SSSR count). The van der Waals surface area contributed by atoms with E-state index >= 15 is 0 Å². The molecular formula is C33H52O2. The van der Waals surface area contributed by atoms with Gasteiger partial charge in [-0.15, -0.1) is 0 Å². The van der Waals surface area contributed by atoms with Crippen molar-refractivity contribution in [1.29, 1.82) is 0 Å². The summed E-state index contributed by atoms with van der Waals surface area (Å²) in [6, 6.07) is 8.81. The number of benzene rings is 2. The number of hydrogen-bond donors (Lipinski definition) is 2. The molecular weight excluding hydrogens is 428 g/mol. The van der Waals surface area contributed by atoms with E-state index in [0.29, 0.717) is 17.9 Å².